The van der Waals surface area contributed by atoms with Crippen molar-refractivity contribution >= 4 is 66.1 Å². The summed E-state index contributed by atoms with van der Waals surface area (Å²) in [4.78, 5) is 2.36. The summed E-state index contributed by atoms with van der Waals surface area (Å²) in [5.41, 5.74) is 19.8. The van der Waals surface area contributed by atoms with Crippen LogP contribution in [-0.2, 0) is 6.61 Å². The number of fused-ring (bicyclic) bond motifs is 5. The molecule has 0 saturated heterocycles. The van der Waals surface area contributed by atoms with Crippen molar-refractivity contribution in [1.82, 2.24) is 4.57 Å². The Kier molecular flexibility index (Phi) is 9.02. The normalized spacial score (nSPS) is 11.4. The van der Waals surface area contributed by atoms with Crippen LogP contribution < -0.4 is 15.4 Å². The Labute approximate surface area is 354 Å². The summed E-state index contributed by atoms with van der Waals surface area (Å²) in [6.45, 7) is 0.460. The molecule has 1 heterocycles. The molecule has 1 aromatic heterocycles. The highest BCUT2D eigenvalue weighted by Gasteiger charge is 2.18. The average molecular weight is 784 g/mol. The van der Waals surface area contributed by atoms with Crippen molar-refractivity contribution in [2.24, 2.45) is 0 Å². The van der Waals surface area contributed by atoms with E-state index >= 15 is 0 Å². The fraction of sp³-hybridized carbons (Fsp3) is 0.0175. The highest BCUT2D eigenvalue weighted by molar-refractivity contribution is 6.10. The van der Waals surface area contributed by atoms with Crippen molar-refractivity contribution < 1.29 is 4.74 Å². The van der Waals surface area contributed by atoms with E-state index < -0.39 is 0 Å². The van der Waals surface area contributed by atoms with Crippen LogP contribution in [0.4, 0.5) is 22.7 Å². The first-order valence-electron chi connectivity index (χ1n) is 20.7. The number of hydrogen-bond donors (Lipinski definition) is 1. The molecule has 10 aromatic carbocycles. The van der Waals surface area contributed by atoms with Crippen molar-refractivity contribution in [1.29, 1.82) is 0 Å². The lowest BCUT2D eigenvalue weighted by molar-refractivity contribution is 0.308. The number of aromatic nitrogens is 1. The average Bonchev–Trinajstić information content (AvgIpc) is 3.66. The second kappa shape index (κ2) is 15.3. The molecule has 4 nitrogen and oxygen atoms in total. The molecule has 0 spiro atoms. The Balaban J connectivity index is 1.00. The Morgan fingerprint density at radius 1 is 0.410 bits per heavy atom. The second-order valence-electron chi connectivity index (χ2n) is 15.5. The quantitative estimate of drug-likeness (QED) is 0.148. The predicted octanol–water partition coefficient (Wildman–Crippen LogP) is 15.1. The fourth-order valence-corrected chi connectivity index (χ4v) is 8.83. The summed E-state index contributed by atoms with van der Waals surface area (Å²) in [5.74, 6) is 0.689. The van der Waals surface area contributed by atoms with Crippen molar-refractivity contribution in [3.63, 3.8) is 0 Å². The molecule has 0 aliphatic heterocycles. The smallest absolute Gasteiger partial charge is 0.143 e. The number of ether oxygens (including phenoxy) is 1. The van der Waals surface area contributed by atoms with Gasteiger partial charge >= 0.3 is 0 Å². The summed E-state index contributed by atoms with van der Waals surface area (Å²) in [6, 6.07) is 79.8. The lowest BCUT2D eigenvalue weighted by Gasteiger charge is -2.26. The summed E-state index contributed by atoms with van der Waals surface area (Å²) in [5, 5.41) is 6.98. The third-order valence-corrected chi connectivity index (χ3v) is 11.9. The van der Waals surface area contributed by atoms with Crippen molar-refractivity contribution in [2.45, 2.75) is 6.61 Å². The number of hydrogen-bond acceptors (Lipinski definition) is 3. The van der Waals surface area contributed by atoms with Gasteiger partial charge in [0.15, 0.2) is 0 Å². The highest BCUT2D eigenvalue weighted by Crippen LogP contribution is 2.42. The molecule has 0 fully saturated rings. The van der Waals surface area contributed by atoms with E-state index in [0.29, 0.717) is 18.0 Å². The molecule has 0 radical (unpaired) electrons. The van der Waals surface area contributed by atoms with Crippen LogP contribution in [0.1, 0.15) is 5.56 Å². The van der Waals surface area contributed by atoms with Crippen LogP contribution in [0, 0.1) is 0 Å². The molecule has 61 heavy (non-hydrogen) atoms. The fourth-order valence-electron chi connectivity index (χ4n) is 8.83. The van der Waals surface area contributed by atoms with Gasteiger partial charge in [-0.05, 0) is 111 Å². The third kappa shape index (κ3) is 6.61. The highest BCUT2D eigenvalue weighted by atomic mass is 16.5. The molecule has 0 atom stereocenters. The van der Waals surface area contributed by atoms with Gasteiger partial charge in [0.25, 0.3) is 0 Å². The Morgan fingerprint density at radius 2 is 1.00 bits per heavy atom. The topological polar surface area (TPSA) is 43.4 Å². The molecule has 0 saturated carbocycles. The van der Waals surface area contributed by atoms with E-state index in [9.17, 15) is 0 Å². The molecule has 4 heteroatoms. The molecule has 0 bridgehead atoms. The van der Waals surface area contributed by atoms with Gasteiger partial charge in [-0.25, -0.2) is 0 Å². The number of rotatable bonds is 9. The van der Waals surface area contributed by atoms with E-state index in [0.717, 1.165) is 55.7 Å². The zero-order valence-corrected chi connectivity index (χ0v) is 33.4. The Morgan fingerprint density at radius 3 is 1.79 bits per heavy atom. The first-order valence-corrected chi connectivity index (χ1v) is 20.7. The van der Waals surface area contributed by atoms with Crippen LogP contribution >= 0.6 is 0 Å². The maximum atomic E-state index is 6.78. The largest absolute Gasteiger partial charge is 0.487 e. The Hall–Kier alpha value is -8.08. The van der Waals surface area contributed by atoms with Gasteiger partial charge in [0.05, 0.1) is 16.7 Å². The van der Waals surface area contributed by atoms with Gasteiger partial charge in [0.1, 0.15) is 12.4 Å². The van der Waals surface area contributed by atoms with Crippen LogP contribution in [0.15, 0.2) is 224 Å². The molecular formula is C57H41N3O. The summed E-state index contributed by atoms with van der Waals surface area (Å²) in [6.07, 6.45) is 0. The lowest BCUT2D eigenvalue weighted by Crippen LogP contribution is -2.10. The van der Waals surface area contributed by atoms with E-state index in [4.69, 9.17) is 10.5 Å². The van der Waals surface area contributed by atoms with Gasteiger partial charge in [0, 0.05) is 38.9 Å². The van der Waals surface area contributed by atoms with Crippen LogP contribution in [0.25, 0.3) is 71.3 Å². The zero-order valence-electron chi connectivity index (χ0n) is 33.4. The minimum atomic E-state index is 0.460. The third-order valence-electron chi connectivity index (χ3n) is 11.9. The number of anilines is 4. The van der Waals surface area contributed by atoms with E-state index in [-0.39, 0.29) is 0 Å². The van der Waals surface area contributed by atoms with E-state index in [1.165, 1.54) is 38.2 Å². The molecule has 2 N–H and O–H groups in total. The molecule has 11 rings (SSSR count). The summed E-state index contributed by atoms with van der Waals surface area (Å²) >= 11 is 0. The minimum absolute atomic E-state index is 0.460. The molecule has 290 valence electrons. The SMILES string of the molecule is Nc1c(OCc2ccccc2)ccc2ccc(-c3ccc(N(c4ccc(-c5cccc6ccccc56)cc4)c4ccc5c6ccccc6n(-c6ccccc6)c5c4)cc3)cc12. The number of nitrogen functional groups attached to an aromatic ring is 1. The minimum Gasteiger partial charge on any atom is -0.487 e. The molecular weight excluding hydrogens is 743 g/mol. The van der Waals surface area contributed by atoms with Crippen molar-refractivity contribution in [3.8, 4) is 33.7 Å². The van der Waals surface area contributed by atoms with E-state index in [1.54, 1.807) is 0 Å². The van der Waals surface area contributed by atoms with Crippen LogP contribution in [-0.4, -0.2) is 4.57 Å². The zero-order chi connectivity index (χ0) is 40.7. The predicted molar refractivity (Wildman–Crippen MR) is 257 cm³/mol. The van der Waals surface area contributed by atoms with Gasteiger partial charge in [-0.3, -0.25) is 0 Å². The lowest BCUT2D eigenvalue weighted by atomic mass is 9.98. The van der Waals surface area contributed by atoms with Crippen molar-refractivity contribution in [2.75, 3.05) is 10.6 Å². The number of nitrogens with zero attached hydrogens (tertiary/aromatic N) is 2. The number of para-hydroxylation sites is 2. The van der Waals surface area contributed by atoms with Crippen LogP contribution in [0.3, 0.4) is 0 Å². The molecule has 0 aliphatic carbocycles. The maximum absolute atomic E-state index is 6.78. The number of nitrogens with two attached hydrogens (primary N) is 1. The summed E-state index contributed by atoms with van der Waals surface area (Å²) < 4.78 is 8.58. The van der Waals surface area contributed by atoms with Gasteiger partial charge in [-0.15, -0.1) is 0 Å². The van der Waals surface area contributed by atoms with Gasteiger partial charge in [0.2, 0.25) is 0 Å². The monoisotopic (exact) mass is 783 g/mol. The van der Waals surface area contributed by atoms with E-state index in [1.807, 2.05) is 24.3 Å². The molecule has 0 aliphatic rings. The van der Waals surface area contributed by atoms with Gasteiger partial charge < -0.3 is 19.9 Å². The van der Waals surface area contributed by atoms with Gasteiger partial charge in [-0.1, -0.05) is 158 Å². The Bertz CT molecular complexity index is 3350. The maximum Gasteiger partial charge on any atom is 0.143 e. The van der Waals surface area contributed by atoms with Crippen molar-refractivity contribution in [3.05, 3.63) is 230 Å². The second-order valence-corrected chi connectivity index (χ2v) is 15.5. The van der Waals surface area contributed by atoms with Gasteiger partial charge in [-0.2, -0.15) is 0 Å². The number of benzene rings is 10. The first kappa shape index (κ1) is 36.0. The van der Waals surface area contributed by atoms with Crippen LogP contribution in [0.2, 0.25) is 0 Å². The summed E-state index contributed by atoms with van der Waals surface area (Å²) in [7, 11) is 0. The molecule has 0 unspecified atom stereocenters. The first-order chi connectivity index (χ1) is 30.2. The molecule has 0 amide bonds. The van der Waals surface area contributed by atoms with E-state index in [2.05, 4.69) is 210 Å². The standard InChI is InChI=1S/C57H41N3O/c58-57-53-36-44(23-22-43(53)28-35-56(57)61-38-39-12-3-1-4-13-39)40-24-29-46(30-25-40)59(47-31-26-42(27-32-47)50-20-11-15-41-14-7-8-18-49(41)50)48-33-34-52-51-19-9-10-21-54(51)60(55(52)37-48)45-16-5-2-6-17-45/h1-37H,38,58H2. The van der Waals surface area contributed by atoms with Crippen LogP contribution in [0.5, 0.6) is 5.75 Å². The molecule has 11 aromatic rings.